The Balaban J connectivity index is 1.95. The molecule has 1 amide bonds. The highest BCUT2D eigenvalue weighted by atomic mass is 16.5. The first-order chi connectivity index (χ1) is 9.49. The first kappa shape index (κ1) is 14.8. The van der Waals surface area contributed by atoms with E-state index in [0.29, 0.717) is 18.0 Å². The lowest BCUT2D eigenvalue weighted by molar-refractivity contribution is -0.139. The summed E-state index contributed by atoms with van der Waals surface area (Å²) < 4.78 is 5.49. The third-order valence-corrected chi connectivity index (χ3v) is 4.03. The third-order valence-electron chi connectivity index (χ3n) is 4.03. The van der Waals surface area contributed by atoms with Gasteiger partial charge < -0.3 is 9.64 Å². The van der Waals surface area contributed by atoms with Crippen molar-refractivity contribution in [2.75, 3.05) is 6.61 Å². The molecule has 5 heteroatoms. The van der Waals surface area contributed by atoms with Crippen LogP contribution in [-0.4, -0.2) is 39.7 Å². The second-order valence-electron chi connectivity index (χ2n) is 5.67. The van der Waals surface area contributed by atoms with Gasteiger partial charge in [-0.2, -0.15) is 5.10 Å². The van der Waals surface area contributed by atoms with E-state index in [9.17, 15) is 4.79 Å². The summed E-state index contributed by atoms with van der Waals surface area (Å²) in [5.41, 5.74) is 1.89. The number of carbonyl (C=O) groups excluding carboxylic acids is 1. The van der Waals surface area contributed by atoms with Gasteiger partial charge in [0.05, 0.1) is 5.69 Å². The molecule has 0 aliphatic carbocycles. The monoisotopic (exact) mass is 277 g/mol. The van der Waals surface area contributed by atoms with E-state index in [1.807, 2.05) is 24.8 Å². The van der Waals surface area contributed by atoms with Crippen LogP contribution in [0.4, 0.5) is 0 Å². The number of likely N-dealkylation sites (tertiary alicyclic amines) is 1. The second-order valence-corrected chi connectivity index (χ2v) is 5.67. The summed E-state index contributed by atoms with van der Waals surface area (Å²) in [4.78, 5) is 14.2. The minimum absolute atomic E-state index is 0.0322. The molecular formula is C15H23N3O2. The molecule has 0 N–H and O–H groups in total. The average molecular weight is 277 g/mol. The van der Waals surface area contributed by atoms with Gasteiger partial charge in [-0.1, -0.05) is 0 Å². The lowest BCUT2D eigenvalue weighted by Crippen LogP contribution is -2.49. The van der Waals surface area contributed by atoms with Crippen molar-refractivity contribution in [2.45, 2.75) is 59.0 Å². The quantitative estimate of drug-likeness (QED) is 0.850. The Morgan fingerprint density at radius 1 is 1.30 bits per heavy atom. The molecule has 0 aromatic carbocycles. The maximum atomic E-state index is 12.3. The lowest BCUT2D eigenvalue weighted by Gasteiger charge is -2.38. The molecule has 20 heavy (non-hydrogen) atoms. The van der Waals surface area contributed by atoms with Gasteiger partial charge in [-0.25, -0.2) is 0 Å². The van der Waals surface area contributed by atoms with Gasteiger partial charge in [0.2, 0.25) is 5.88 Å². The number of hydrogen-bond acceptors (Lipinski definition) is 4. The molecule has 2 atom stereocenters. The average Bonchev–Trinajstić information content (AvgIpc) is 2.40. The van der Waals surface area contributed by atoms with Gasteiger partial charge in [0.15, 0.2) is 6.61 Å². The summed E-state index contributed by atoms with van der Waals surface area (Å²) in [5, 5.41) is 7.95. The van der Waals surface area contributed by atoms with Crippen LogP contribution in [0.5, 0.6) is 5.88 Å². The zero-order valence-electron chi connectivity index (χ0n) is 12.7. The molecule has 0 unspecified atom stereocenters. The van der Waals surface area contributed by atoms with E-state index in [-0.39, 0.29) is 12.5 Å². The Hall–Kier alpha value is -1.65. The van der Waals surface area contributed by atoms with E-state index >= 15 is 0 Å². The fourth-order valence-corrected chi connectivity index (χ4v) is 2.72. The predicted molar refractivity (Wildman–Crippen MR) is 76.6 cm³/mol. The van der Waals surface area contributed by atoms with Crippen LogP contribution < -0.4 is 4.74 Å². The van der Waals surface area contributed by atoms with Crippen LogP contribution in [0.2, 0.25) is 0 Å². The smallest absolute Gasteiger partial charge is 0.261 e. The topological polar surface area (TPSA) is 55.3 Å². The third kappa shape index (κ3) is 3.26. The molecule has 2 heterocycles. The Labute approximate surface area is 120 Å². The fraction of sp³-hybridized carbons (Fsp3) is 0.667. The molecule has 1 aliphatic rings. The molecule has 5 nitrogen and oxygen atoms in total. The van der Waals surface area contributed by atoms with Crippen LogP contribution in [0.25, 0.3) is 0 Å². The van der Waals surface area contributed by atoms with Crippen molar-refractivity contribution in [1.29, 1.82) is 0 Å². The van der Waals surface area contributed by atoms with Crippen molar-refractivity contribution < 1.29 is 9.53 Å². The van der Waals surface area contributed by atoms with Crippen LogP contribution >= 0.6 is 0 Å². The molecule has 1 fully saturated rings. The second kappa shape index (κ2) is 6.20. The van der Waals surface area contributed by atoms with Crippen LogP contribution in [0, 0.1) is 13.8 Å². The summed E-state index contributed by atoms with van der Waals surface area (Å²) in [5.74, 6) is 0.448. The summed E-state index contributed by atoms with van der Waals surface area (Å²) in [7, 11) is 0. The highest BCUT2D eigenvalue weighted by Crippen LogP contribution is 2.22. The largest absolute Gasteiger partial charge is 0.466 e. The molecule has 1 aromatic heterocycles. The van der Waals surface area contributed by atoms with Gasteiger partial charge in [0, 0.05) is 18.2 Å². The zero-order chi connectivity index (χ0) is 14.7. The number of rotatable bonds is 3. The summed E-state index contributed by atoms with van der Waals surface area (Å²) in [6.45, 7) is 8.08. The molecule has 0 saturated carbocycles. The van der Waals surface area contributed by atoms with Crippen molar-refractivity contribution in [3.05, 3.63) is 17.3 Å². The van der Waals surface area contributed by atoms with Crippen LogP contribution in [0.3, 0.4) is 0 Å². The summed E-state index contributed by atoms with van der Waals surface area (Å²) >= 11 is 0. The molecular weight excluding hydrogens is 254 g/mol. The van der Waals surface area contributed by atoms with E-state index < -0.39 is 0 Å². The van der Waals surface area contributed by atoms with Gasteiger partial charge in [-0.15, -0.1) is 5.10 Å². The fourth-order valence-electron chi connectivity index (χ4n) is 2.72. The normalized spacial score (nSPS) is 22.7. The highest BCUT2D eigenvalue weighted by molar-refractivity contribution is 5.78. The van der Waals surface area contributed by atoms with Gasteiger partial charge in [0.1, 0.15) is 0 Å². The van der Waals surface area contributed by atoms with Crippen molar-refractivity contribution in [3.63, 3.8) is 0 Å². The Bertz CT molecular complexity index is 480. The predicted octanol–water partition coefficient (Wildman–Crippen LogP) is 2.26. The molecule has 0 radical (unpaired) electrons. The number of piperidine rings is 1. The van der Waals surface area contributed by atoms with E-state index in [2.05, 4.69) is 24.0 Å². The van der Waals surface area contributed by atoms with Gasteiger partial charge in [0.25, 0.3) is 5.91 Å². The highest BCUT2D eigenvalue weighted by Gasteiger charge is 2.29. The molecule has 1 aliphatic heterocycles. The standard InChI is InChI=1S/C15H23N3O2/c1-10-8-14(17-16-13(10)4)20-9-15(19)18-11(2)6-5-7-12(18)3/h8,11-12H,5-7,9H2,1-4H3/t11-,12+. The number of hydrogen-bond donors (Lipinski definition) is 0. The first-order valence-electron chi connectivity index (χ1n) is 7.24. The van der Waals surface area contributed by atoms with E-state index in [4.69, 9.17) is 4.74 Å². The number of aromatic nitrogens is 2. The molecule has 1 aromatic rings. The Morgan fingerprint density at radius 3 is 2.55 bits per heavy atom. The van der Waals surface area contributed by atoms with Crippen molar-refractivity contribution in [2.24, 2.45) is 0 Å². The Morgan fingerprint density at radius 2 is 1.95 bits per heavy atom. The van der Waals surface area contributed by atoms with E-state index in [1.54, 1.807) is 0 Å². The van der Waals surface area contributed by atoms with Crippen LogP contribution in [0.1, 0.15) is 44.4 Å². The summed E-state index contributed by atoms with van der Waals surface area (Å²) in [6, 6.07) is 2.40. The van der Waals surface area contributed by atoms with Crippen molar-refractivity contribution in [1.82, 2.24) is 15.1 Å². The van der Waals surface area contributed by atoms with Crippen molar-refractivity contribution in [3.8, 4) is 5.88 Å². The molecule has 110 valence electrons. The molecule has 1 saturated heterocycles. The number of ether oxygens (including phenoxy) is 1. The Kier molecular flexibility index (Phi) is 4.57. The van der Waals surface area contributed by atoms with Gasteiger partial charge >= 0.3 is 0 Å². The minimum atomic E-state index is 0.0322. The lowest BCUT2D eigenvalue weighted by atomic mass is 9.97. The zero-order valence-corrected chi connectivity index (χ0v) is 12.7. The molecule has 0 bridgehead atoms. The number of nitrogens with zero attached hydrogens (tertiary/aromatic N) is 3. The first-order valence-corrected chi connectivity index (χ1v) is 7.24. The maximum Gasteiger partial charge on any atom is 0.261 e. The maximum absolute atomic E-state index is 12.3. The van der Waals surface area contributed by atoms with Crippen molar-refractivity contribution >= 4 is 5.91 Å². The van der Waals surface area contributed by atoms with E-state index in [1.165, 1.54) is 6.42 Å². The van der Waals surface area contributed by atoms with Gasteiger partial charge in [-0.3, -0.25) is 4.79 Å². The SMILES string of the molecule is Cc1cc(OCC(=O)N2[C@H](C)CCC[C@@H]2C)nnc1C. The van der Waals surface area contributed by atoms with Gasteiger partial charge in [-0.05, 0) is 52.5 Å². The number of carbonyl (C=O) groups is 1. The number of aryl methyl sites for hydroxylation is 2. The minimum Gasteiger partial charge on any atom is -0.466 e. The molecule has 0 spiro atoms. The van der Waals surface area contributed by atoms with E-state index in [0.717, 1.165) is 24.1 Å². The number of amides is 1. The molecule has 2 rings (SSSR count). The van der Waals surface area contributed by atoms with Crippen LogP contribution in [-0.2, 0) is 4.79 Å². The summed E-state index contributed by atoms with van der Waals surface area (Å²) in [6.07, 6.45) is 3.33. The van der Waals surface area contributed by atoms with Crippen LogP contribution in [0.15, 0.2) is 6.07 Å².